The average molecular weight is 348 g/mol. The molecular formula is C18H24N2O5. The van der Waals surface area contributed by atoms with E-state index in [1.54, 1.807) is 24.3 Å². The molecule has 0 aromatic heterocycles. The van der Waals surface area contributed by atoms with Crippen molar-refractivity contribution in [3.8, 4) is 5.75 Å². The number of amides is 2. The van der Waals surface area contributed by atoms with Gasteiger partial charge in [0.05, 0.1) is 7.11 Å². The highest BCUT2D eigenvalue weighted by Crippen LogP contribution is 2.20. The Labute approximate surface area is 147 Å². The van der Waals surface area contributed by atoms with E-state index in [9.17, 15) is 19.5 Å². The molecule has 0 saturated carbocycles. The van der Waals surface area contributed by atoms with Gasteiger partial charge in [0.25, 0.3) is 5.91 Å². The molecule has 1 aromatic carbocycles. The lowest BCUT2D eigenvalue weighted by molar-refractivity contribution is -0.149. The summed E-state index contributed by atoms with van der Waals surface area (Å²) in [4.78, 5) is 37.9. The number of benzene rings is 1. The number of likely N-dealkylation sites (tertiary alicyclic amines) is 1. The van der Waals surface area contributed by atoms with E-state index in [0.29, 0.717) is 30.7 Å². The Bertz CT molecular complexity index is 641. The molecule has 2 amide bonds. The van der Waals surface area contributed by atoms with E-state index in [2.05, 4.69) is 5.32 Å². The molecule has 1 heterocycles. The summed E-state index contributed by atoms with van der Waals surface area (Å²) in [5, 5.41) is 12.0. The number of methoxy groups -OCH3 is 1. The van der Waals surface area contributed by atoms with E-state index in [0.717, 1.165) is 0 Å². The summed E-state index contributed by atoms with van der Waals surface area (Å²) in [6, 6.07) is 4.99. The van der Waals surface area contributed by atoms with Crippen LogP contribution in [-0.4, -0.2) is 53.5 Å². The Hall–Kier alpha value is -2.57. The molecule has 1 saturated heterocycles. The zero-order valence-electron chi connectivity index (χ0n) is 14.7. The van der Waals surface area contributed by atoms with E-state index >= 15 is 0 Å². The maximum Gasteiger partial charge on any atom is 0.326 e. The third-order valence-electron chi connectivity index (χ3n) is 4.39. The van der Waals surface area contributed by atoms with E-state index in [-0.39, 0.29) is 17.7 Å². The summed E-state index contributed by atoms with van der Waals surface area (Å²) in [6.07, 6.45) is 1.10. The van der Waals surface area contributed by atoms with Crippen LogP contribution in [0, 0.1) is 5.92 Å². The number of nitrogens with one attached hydrogen (secondary N) is 1. The largest absolute Gasteiger partial charge is 0.497 e. The molecule has 136 valence electrons. The topological polar surface area (TPSA) is 95.9 Å². The summed E-state index contributed by atoms with van der Waals surface area (Å²) in [5.41, 5.74) is 0.412. The van der Waals surface area contributed by atoms with Crippen molar-refractivity contribution in [1.82, 2.24) is 10.2 Å². The molecule has 7 nitrogen and oxygen atoms in total. The van der Waals surface area contributed by atoms with Crippen molar-refractivity contribution in [3.63, 3.8) is 0 Å². The van der Waals surface area contributed by atoms with Gasteiger partial charge in [-0.2, -0.15) is 0 Å². The Morgan fingerprint density at radius 2 is 1.88 bits per heavy atom. The first-order valence-electron chi connectivity index (χ1n) is 8.33. The number of carbonyl (C=O) groups is 3. The predicted octanol–water partition coefficient (Wildman–Crippen LogP) is 1.53. The molecule has 1 aliphatic heterocycles. The normalized spacial score (nSPS) is 18.1. The van der Waals surface area contributed by atoms with Crippen LogP contribution in [-0.2, 0) is 9.59 Å². The SMILES string of the molecule is COc1ccc(C(=O)NC(C(=O)N2CCCC2C(=O)O)C(C)C)cc1. The molecule has 2 rings (SSSR count). The van der Waals surface area contributed by atoms with Gasteiger partial charge in [0.1, 0.15) is 17.8 Å². The fraction of sp³-hybridized carbons (Fsp3) is 0.500. The summed E-state index contributed by atoms with van der Waals surface area (Å²) in [5.74, 6) is -1.25. The van der Waals surface area contributed by atoms with E-state index < -0.39 is 18.1 Å². The zero-order valence-corrected chi connectivity index (χ0v) is 14.7. The molecule has 7 heteroatoms. The van der Waals surface area contributed by atoms with E-state index in [1.807, 2.05) is 13.8 Å². The lowest BCUT2D eigenvalue weighted by atomic mass is 10.0. The molecule has 1 aliphatic rings. The van der Waals surface area contributed by atoms with Crippen LogP contribution < -0.4 is 10.1 Å². The fourth-order valence-corrected chi connectivity index (χ4v) is 2.95. The van der Waals surface area contributed by atoms with Crippen LogP contribution in [0.15, 0.2) is 24.3 Å². The van der Waals surface area contributed by atoms with Gasteiger partial charge in [0.15, 0.2) is 0 Å². The highest BCUT2D eigenvalue weighted by molar-refractivity contribution is 5.98. The highest BCUT2D eigenvalue weighted by Gasteiger charge is 2.38. The van der Waals surface area contributed by atoms with Crippen molar-refractivity contribution in [3.05, 3.63) is 29.8 Å². The molecule has 25 heavy (non-hydrogen) atoms. The molecule has 0 radical (unpaired) electrons. The standard InChI is InChI=1S/C18H24N2O5/c1-11(2)15(17(22)20-10-4-5-14(20)18(23)24)19-16(21)12-6-8-13(25-3)9-7-12/h6-9,11,14-15H,4-5,10H2,1-3H3,(H,19,21)(H,23,24). The summed E-state index contributed by atoms with van der Waals surface area (Å²) < 4.78 is 5.06. The summed E-state index contributed by atoms with van der Waals surface area (Å²) in [6.45, 7) is 4.04. The lowest BCUT2D eigenvalue weighted by Gasteiger charge is -2.29. The zero-order chi connectivity index (χ0) is 18.6. The van der Waals surface area contributed by atoms with Gasteiger partial charge >= 0.3 is 5.97 Å². The number of carboxylic acid groups (broad SMARTS) is 1. The van der Waals surface area contributed by atoms with E-state index in [4.69, 9.17) is 4.74 Å². The average Bonchev–Trinajstić information content (AvgIpc) is 3.08. The number of nitrogens with zero attached hydrogens (tertiary/aromatic N) is 1. The highest BCUT2D eigenvalue weighted by atomic mass is 16.5. The maximum atomic E-state index is 12.8. The number of carbonyl (C=O) groups excluding carboxylic acids is 2. The van der Waals surface area contributed by atoms with Crippen LogP contribution >= 0.6 is 0 Å². The van der Waals surface area contributed by atoms with Gasteiger partial charge in [0, 0.05) is 12.1 Å². The predicted molar refractivity (Wildman–Crippen MR) is 91.5 cm³/mol. The Balaban J connectivity index is 2.13. The monoisotopic (exact) mass is 348 g/mol. The summed E-state index contributed by atoms with van der Waals surface area (Å²) in [7, 11) is 1.54. The molecule has 2 N–H and O–H groups in total. The van der Waals surface area contributed by atoms with Crippen LogP contribution in [0.5, 0.6) is 5.75 Å². The second kappa shape index (κ2) is 8.00. The molecule has 0 spiro atoms. The minimum atomic E-state index is -1.00. The van der Waals surface area contributed by atoms with Crippen molar-refractivity contribution in [2.75, 3.05) is 13.7 Å². The van der Waals surface area contributed by atoms with Gasteiger partial charge in [-0.05, 0) is 43.0 Å². The number of hydrogen-bond donors (Lipinski definition) is 2. The second-order valence-electron chi connectivity index (χ2n) is 6.45. The van der Waals surface area contributed by atoms with Gasteiger partial charge in [-0.1, -0.05) is 13.8 Å². The fourth-order valence-electron chi connectivity index (χ4n) is 2.95. The van der Waals surface area contributed by atoms with Gasteiger partial charge in [-0.3, -0.25) is 9.59 Å². The summed E-state index contributed by atoms with van der Waals surface area (Å²) >= 11 is 0. The maximum absolute atomic E-state index is 12.8. The number of rotatable bonds is 6. The van der Waals surface area contributed by atoms with Crippen molar-refractivity contribution in [2.45, 2.75) is 38.8 Å². The first-order chi connectivity index (χ1) is 11.8. The van der Waals surface area contributed by atoms with Crippen molar-refractivity contribution in [1.29, 1.82) is 0 Å². The van der Waals surface area contributed by atoms with Gasteiger partial charge in [-0.15, -0.1) is 0 Å². The Morgan fingerprint density at radius 1 is 1.24 bits per heavy atom. The van der Waals surface area contributed by atoms with Crippen LogP contribution in [0.3, 0.4) is 0 Å². The number of ether oxygens (including phenoxy) is 1. The van der Waals surface area contributed by atoms with Crippen molar-refractivity contribution < 1.29 is 24.2 Å². The molecule has 1 aromatic rings. The Kier molecular flexibility index (Phi) is 6.01. The Morgan fingerprint density at radius 3 is 2.40 bits per heavy atom. The van der Waals surface area contributed by atoms with Crippen LogP contribution in [0.25, 0.3) is 0 Å². The molecule has 0 bridgehead atoms. The smallest absolute Gasteiger partial charge is 0.326 e. The lowest BCUT2D eigenvalue weighted by Crippen LogP contribution is -2.53. The third-order valence-corrected chi connectivity index (χ3v) is 4.39. The van der Waals surface area contributed by atoms with Gasteiger partial charge in [0.2, 0.25) is 5.91 Å². The van der Waals surface area contributed by atoms with Crippen LogP contribution in [0.1, 0.15) is 37.0 Å². The van der Waals surface area contributed by atoms with Crippen molar-refractivity contribution >= 4 is 17.8 Å². The molecule has 2 atom stereocenters. The molecule has 0 aliphatic carbocycles. The number of hydrogen-bond acceptors (Lipinski definition) is 4. The minimum Gasteiger partial charge on any atom is -0.497 e. The second-order valence-corrected chi connectivity index (χ2v) is 6.45. The first kappa shape index (κ1) is 18.8. The van der Waals surface area contributed by atoms with Crippen molar-refractivity contribution in [2.24, 2.45) is 5.92 Å². The van der Waals surface area contributed by atoms with Gasteiger partial charge in [-0.25, -0.2) is 4.79 Å². The molecule has 2 unspecified atom stereocenters. The number of carboxylic acids is 1. The van der Waals surface area contributed by atoms with Crippen LogP contribution in [0.2, 0.25) is 0 Å². The van der Waals surface area contributed by atoms with Gasteiger partial charge < -0.3 is 20.1 Å². The molecular weight excluding hydrogens is 324 g/mol. The third kappa shape index (κ3) is 4.29. The minimum absolute atomic E-state index is 0.162. The number of aliphatic carboxylic acids is 1. The quantitative estimate of drug-likeness (QED) is 0.813. The molecule has 1 fully saturated rings. The van der Waals surface area contributed by atoms with Crippen LogP contribution in [0.4, 0.5) is 0 Å². The first-order valence-corrected chi connectivity index (χ1v) is 8.33. The van der Waals surface area contributed by atoms with E-state index in [1.165, 1.54) is 12.0 Å².